The molecule has 0 spiro atoms. The SMILES string of the molecule is Cc1ccc(-n2c3c(c4ccc(C)cc42)Cc2cc4c(cc2-3)oc2c3ccc(C)cc3n(-c3ccc(C)cc3)c42)cc1. The predicted octanol–water partition coefficient (Wildman–Crippen LogP) is 10.3. The van der Waals surface area contributed by atoms with E-state index in [1.165, 1.54) is 72.1 Å². The fourth-order valence-corrected chi connectivity index (χ4v) is 7.13. The van der Waals surface area contributed by atoms with Crippen LogP contribution in [-0.4, -0.2) is 9.13 Å². The molecule has 0 atom stereocenters. The van der Waals surface area contributed by atoms with Gasteiger partial charge in [-0.3, -0.25) is 0 Å². The van der Waals surface area contributed by atoms with Gasteiger partial charge in [0, 0.05) is 39.5 Å². The van der Waals surface area contributed by atoms with E-state index in [4.69, 9.17) is 4.42 Å². The second kappa shape index (κ2) is 8.27. The second-order valence-corrected chi connectivity index (χ2v) is 12.2. The van der Waals surface area contributed by atoms with Gasteiger partial charge in [-0.1, -0.05) is 53.6 Å². The van der Waals surface area contributed by atoms with E-state index in [0.29, 0.717) is 0 Å². The van der Waals surface area contributed by atoms with Crippen LogP contribution in [0.3, 0.4) is 0 Å². The maximum absolute atomic E-state index is 6.80. The average Bonchev–Trinajstić information content (AvgIpc) is 3.69. The maximum atomic E-state index is 6.80. The molecule has 202 valence electrons. The molecule has 0 aliphatic heterocycles. The Balaban J connectivity index is 1.36. The van der Waals surface area contributed by atoms with Crippen molar-refractivity contribution in [2.75, 3.05) is 0 Å². The number of nitrogens with zero attached hydrogens (tertiary/aromatic N) is 2. The van der Waals surface area contributed by atoms with Crippen LogP contribution in [0.2, 0.25) is 0 Å². The Morgan fingerprint density at radius 2 is 1.12 bits per heavy atom. The van der Waals surface area contributed by atoms with Gasteiger partial charge in [0.25, 0.3) is 0 Å². The molecule has 42 heavy (non-hydrogen) atoms. The van der Waals surface area contributed by atoms with Crippen LogP contribution in [0.4, 0.5) is 0 Å². The molecule has 0 fully saturated rings. The molecule has 8 aromatic rings. The van der Waals surface area contributed by atoms with Crippen molar-refractivity contribution in [1.82, 2.24) is 9.13 Å². The van der Waals surface area contributed by atoms with Crippen LogP contribution in [0.5, 0.6) is 0 Å². The van der Waals surface area contributed by atoms with Gasteiger partial charge in [-0.2, -0.15) is 0 Å². The first kappa shape index (κ1) is 23.7. The van der Waals surface area contributed by atoms with Crippen LogP contribution < -0.4 is 0 Å². The van der Waals surface area contributed by atoms with Gasteiger partial charge in [0.1, 0.15) is 11.1 Å². The highest BCUT2D eigenvalue weighted by molar-refractivity contribution is 6.17. The number of hydrogen-bond acceptors (Lipinski definition) is 1. The minimum Gasteiger partial charge on any atom is -0.454 e. The predicted molar refractivity (Wildman–Crippen MR) is 175 cm³/mol. The molecule has 3 nitrogen and oxygen atoms in total. The molecular weight excluding hydrogens is 512 g/mol. The molecule has 0 saturated carbocycles. The Bertz CT molecular complexity index is 2390. The average molecular weight is 543 g/mol. The summed E-state index contributed by atoms with van der Waals surface area (Å²) in [5.74, 6) is 0. The van der Waals surface area contributed by atoms with Crippen molar-refractivity contribution < 1.29 is 4.42 Å². The molecule has 5 aromatic carbocycles. The van der Waals surface area contributed by atoms with E-state index < -0.39 is 0 Å². The van der Waals surface area contributed by atoms with Crippen LogP contribution in [0.25, 0.3) is 66.5 Å². The van der Waals surface area contributed by atoms with Gasteiger partial charge in [0.2, 0.25) is 0 Å². The lowest BCUT2D eigenvalue weighted by Crippen LogP contribution is -1.97. The van der Waals surface area contributed by atoms with Crippen molar-refractivity contribution >= 4 is 43.9 Å². The minimum absolute atomic E-state index is 0.912. The number of furan rings is 1. The summed E-state index contributed by atoms with van der Waals surface area (Å²) < 4.78 is 11.6. The molecule has 0 unspecified atom stereocenters. The molecule has 0 radical (unpaired) electrons. The van der Waals surface area contributed by atoms with E-state index in [9.17, 15) is 0 Å². The number of rotatable bonds is 2. The summed E-state index contributed by atoms with van der Waals surface area (Å²) in [6.45, 7) is 8.62. The van der Waals surface area contributed by atoms with Gasteiger partial charge in [-0.05, 0) is 105 Å². The summed E-state index contributed by atoms with van der Waals surface area (Å²) in [5.41, 5.74) is 18.2. The molecule has 0 saturated heterocycles. The summed E-state index contributed by atoms with van der Waals surface area (Å²) in [6.07, 6.45) is 0.912. The lowest BCUT2D eigenvalue weighted by Gasteiger charge is -2.13. The zero-order valence-electron chi connectivity index (χ0n) is 24.2. The number of fused-ring (bicyclic) bond motifs is 10. The van der Waals surface area contributed by atoms with Gasteiger partial charge < -0.3 is 13.6 Å². The Labute approximate surface area is 244 Å². The second-order valence-electron chi connectivity index (χ2n) is 12.2. The van der Waals surface area contributed by atoms with E-state index in [1.807, 2.05) is 0 Å². The van der Waals surface area contributed by atoms with Crippen LogP contribution >= 0.6 is 0 Å². The van der Waals surface area contributed by atoms with Gasteiger partial charge in [-0.25, -0.2) is 0 Å². The lowest BCUT2D eigenvalue weighted by atomic mass is 10.0. The summed E-state index contributed by atoms with van der Waals surface area (Å²) in [7, 11) is 0. The molecule has 0 N–H and O–H groups in total. The third kappa shape index (κ3) is 3.16. The summed E-state index contributed by atoms with van der Waals surface area (Å²) in [5, 5.41) is 3.65. The van der Waals surface area contributed by atoms with Gasteiger partial charge in [0.15, 0.2) is 5.58 Å². The fraction of sp³-hybridized carbons (Fsp3) is 0.128. The number of aryl methyl sites for hydroxylation is 4. The number of benzene rings is 5. The lowest BCUT2D eigenvalue weighted by molar-refractivity contribution is 0.673. The van der Waals surface area contributed by atoms with Crippen molar-refractivity contribution in [1.29, 1.82) is 0 Å². The van der Waals surface area contributed by atoms with Crippen molar-refractivity contribution in [3.05, 3.63) is 130 Å². The summed E-state index contributed by atoms with van der Waals surface area (Å²) in [4.78, 5) is 0. The Kier molecular flexibility index (Phi) is 4.66. The monoisotopic (exact) mass is 542 g/mol. The van der Waals surface area contributed by atoms with Gasteiger partial charge in [-0.15, -0.1) is 0 Å². The van der Waals surface area contributed by atoms with Gasteiger partial charge >= 0.3 is 0 Å². The third-order valence-corrected chi connectivity index (χ3v) is 9.19. The van der Waals surface area contributed by atoms with Gasteiger partial charge in [0.05, 0.1) is 16.7 Å². The maximum Gasteiger partial charge on any atom is 0.161 e. The van der Waals surface area contributed by atoms with E-state index >= 15 is 0 Å². The molecule has 0 amide bonds. The number of hydrogen-bond donors (Lipinski definition) is 0. The molecule has 3 heterocycles. The Morgan fingerprint density at radius 1 is 0.548 bits per heavy atom. The Hall–Kier alpha value is -5.02. The number of aromatic nitrogens is 2. The molecule has 9 rings (SSSR count). The summed E-state index contributed by atoms with van der Waals surface area (Å²) in [6, 6.07) is 36.0. The Morgan fingerprint density at radius 3 is 1.79 bits per heavy atom. The molecule has 0 bridgehead atoms. The highest BCUT2D eigenvalue weighted by Crippen LogP contribution is 2.48. The van der Waals surface area contributed by atoms with E-state index in [1.54, 1.807) is 0 Å². The molecule has 3 aromatic heterocycles. The minimum atomic E-state index is 0.912. The molecule has 3 heteroatoms. The van der Waals surface area contributed by atoms with Crippen molar-refractivity contribution in [3.63, 3.8) is 0 Å². The van der Waals surface area contributed by atoms with Crippen molar-refractivity contribution in [3.8, 4) is 22.6 Å². The first-order valence-electron chi connectivity index (χ1n) is 14.7. The molecule has 1 aliphatic rings. The van der Waals surface area contributed by atoms with E-state index in [-0.39, 0.29) is 0 Å². The third-order valence-electron chi connectivity index (χ3n) is 9.19. The van der Waals surface area contributed by atoms with Crippen molar-refractivity contribution in [2.24, 2.45) is 0 Å². The smallest absolute Gasteiger partial charge is 0.161 e. The van der Waals surface area contributed by atoms with Crippen LogP contribution in [0, 0.1) is 27.7 Å². The first-order valence-corrected chi connectivity index (χ1v) is 14.7. The first-order chi connectivity index (χ1) is 20.4. The largest absolute Gasteiger partial charge is 0.454 e. The zero-order valence-corrected chi connectivity index (χ0v) is 24.2. The van der Waals surface area contributed by atoms with Crippen LogP contribution in [0.15, 0.2) is 101 Å². The zero-order chi connectivity index (χ0) is 28.3. The van der Waals surface area contributed by atoms with Crippen molar-refractivity contribution in [2.45, 2.75) is 34.1 Å². The topological polar surface area (TPSA) is 23.0 Å². The normalized spacial score (nSPS) is 12.7. The van der Waals surface area contributed by atoms with Crippen LogP contribution in [-0.2, 0) is 6.42 Å². The van der Waals surface area contributed by atoms with E-state index in [0.717, 1.165) is 34.2 Å². The molecular formula is C39H30N2O. The standard InChI is InChI=1S/C39H30N2O/c1-22-5-11-27(12-6-22)40-34-17-24(3)9-15-29(34)32-19-26-20-33-36(21-31(26)37(32)40)42-39-30-16-10-25(4)18-35(30)41(38(33)39)28-13-7-23(2)8-14-28/h5-18,20-21H,19H2,1-4H3. The quantitative estimate of drug-likeness (QED) is 0.213. The fourth-order valence-electron chi connectivity index (χ4n) is 7.13. The highest BCUT2D eigenvalue weighted by atomic mass is 16.3. The summed E-state index contributed by atoms with van der Waals surface area (Å²) >= 11 is 0. The highest BCUT2D eigenvalue weighted by Gasteiger charge is 2.30. The van der Waals surface area contributed by atoms with Crippen LogP contribution in [0.1, 0.15) is 33.4 Å². The molecule has 1 aliphatic carbocycles. The van der Waals surface area contributed by atoms with E-state index in [2.05, 4.69) is 134 Å².